The van der Waals surface area contributed by atoms with Crippen LogP contribution in [0.2, 0.25) is 0 Å². The molecule has 0 saturated heterocycles. The molecule has 0 aliphatic carbocycles. The summed E-state index contributed by atoms with van der Waals surface area (Å²) in [7, 11) is 0. The zero-order valence-corrected chi connectivity index (χ0v) is 9.40. The van der Waals surface area contributed by atoms with Gasteiger partial charge in [0, 0.05) is 0 Å². The zero-order chi connectivity index (χ0) is 12.6. The Morgan fingerprint density at radius 3 is 2.19 bits per heavy atom. The first kappa shape index (κ1) is 14.9. The number of rotatable bonds is 8. The van der Waals surface area contributed by atoms with Gasteiger partial charge in [0.2, 0.25) is 5.91 Å². The lowest BCUT2D eigenvalue weighted by Gasteiger charge is -2.30. The number of carbonyl (C=O) groups excluding carboxylic acids is 1. The third-order valence-corrected chi connectivity index (χ3v) is 2.33. The van der Waals surface area contributed by atoms with E-state index in [9.17, 15) is 9.59 Å². The maximum absolute atomic E-state index is 11.2. The molecule has 94 valence electrons. The number of amides is 1. The molecule has 0 aliphatic rings. The first-order valence-electron chi connectivity index (χ1n) is 5.24. The Kier molecular flexibility index (Phi) is 6.67. The maximum Gasteiger partial charge on any atom is 0.312 e. The standard InChI is InChI=1S/C10H19NO5/c1-2-3-4-10(6-12,7-13)11-8(14)5-9(15)16/h12-13H,2-7H2,1H3,(H,11,14)(H,15,16). The van der Waals surface area contributed by atoms with E-state index in [0.29, 0.717) is 6.42 Å². The molecule has 0 aromatic rings. The van der Waals surface area contributed by atoms with Gasteiger partial charge in [0.05, 0.1) is 18.8 Å². The van der Waals surface area contributed by atoms with Crippen LogP contribution in [0.5, 0.6) is 0 Å². The van der Waals surface area contributed by atoms with Gasteiger partial charge in [-0.25, -0.2) is 0 Å². The van der Waals surface area contributed by atoms with Crippen molar-refractivity contribution in [3.05, 3.63) is 0 Å². The van der Waals surface area contributed by atoms with E-state index in [-0.39, 0.29) is 0 Å². The fourth-order valence-electron chi connectivity index (χ4n) is 1.34. The molecule has 0 bridgehead atoms. The number of nitrogens with one attached hydrogen (secondary N) is 1. The van der Waals surface area contributed by atoms with E-state index in [0.717, 1.165) is 12.8 Å². The lowest BCUT2D eigenvalue weighted by Crippen LogP contribution is -2.54. The average molecular weight is 233 g/mol. The molecule has 6 nitrogen and oxygen atoms in total. The summed E-state index contributed by atoms with van der Waals surface area (Å²) in [5.41, 5.74) is -1.11. The van der Waals surface area contributed by atoms with Gasteiger partial charge in [0.25, 0.3) is 0 Å². The van der Waals surface area contributed by atoms with Gasteiger partial charge in [-0.05, 0) is 6.42 Å². The largest absolute Gasteiger partial charge is 0.481 e. The Balaban J connectivity index is 4.40. The third kappa shape index (κ3) is 5.09. The lowest BCUT2D eigenvalue weighted by molar-refractivity contribution is -0.141. The van der Waals surface area contributed by atoms with Gasteiger partial charge in [0.15, 0.2) is 0 Å². The van der Waals surface area contributed by atoms with E-state index in [1.165, 1.54) is 0 Å². The van der Waals surface area contributed by atoms with E-state index in [1.54, 1.807) is 0 Å². The van der Waals surface area contributed by atoms with Crippen LogP contribution in [0, 0.1) is 0 Å². The molecule has 0 radical (unpaired) electrons. The topological polar surface area (TPSA) is 107 Å². The molecule has 0 spiro atoms. The molecule has 0 unspecified atom stereocenters. The lowest BCUT2D eigenvalue weighted by atomic mass is 9.94. The summed E-state index contributed by atoms with van der Waals surface area (Å²) in [6.07, 6.45) is 1.35. The molecule has 16 heavy (non-hydrogen) atoms. The van der Waals surface area contributed by atoms with Gasteiger partial charge in [-0.15, -0.1) is 0 Å². The van der Waals surface area contributed by atoms with Crippen molar-refractivity contribution < 1.29 is 24.9 Å². The number of carbonyl (C=O) groups is 2. The summed E-state index contributed by atoms with van der Waals surface area (Å²) in [4.78, 5) is 21.5. The molecule has 0 aliphatic heterocycles. The van der Waals surface area contributed by atoms with Gasteiger partial charge < -0.3 is 20.6 Å². The summed E-state index contributed by atoms with van der Waals surface area (Å²) >= 11 is 0. The highest BCUT2D eigenvalue weighted by molar-refractivity contribution is 5.93. The van der Waals surface area contributed by atoms with Crippen molar-refractivity contribution in [1.29, 1.82) is 0 Å². The molecule has 1 amide bonds. The number of hydrogen-bond donors (Lipinski definition) is 4. The van der Waals surface area contributed by atoms with Crippen LogP contribution in [0.3, 0.4) is 0 Å². The van der Waals surface area contributed by atoms with Crippen molar-refractivity contribution in [1.82, 2.24) is 5.32 Å². The Bertz CT molecular complexity index is 237. The van der Waals surface area contributed by atoms with E-state index >= 15 is 0 Å². The Labute approximate surface area is 94.3 Å². The molecule has 0 heterocycles. The van der Waals surface area contributed by atoms with E-state index in [4.69, 9.17) is 15.3 Å². The summed E-state index contributed by atoms with van der Waals surface area (Å²) in [5, 5.41) is 29.1. The molecule has 0 atom stereocenters. The number of aliphatic hydroxyl groups excluding tert-OH is 2. The first-order valence-corrected chi connectivity index (χ1v) is 5.24. The fourth-order valence-corrected chi connectivity index (χ4v) is 1.34. The van der Waals surface area contributed by atoms with Crippen LogP contribution in [0.4, 0.5) is 0 Å². The molecule has 0 rings (SSSR count). The number of aliphatic hydroxyl groups is 2. The van der Waals surface area contributed by atoms with Crippen LogP contribution >= 0.6 is 0 Å². The van der Waals surface area contributed by atoms with Crippen LogP contribution in [0.25, 0.3) is 0 Å². The zero-order valence-electron chi connectivity index (χ0n) is 9.40. The normalized spacial score (nSPS) is 11.2. The van der Waals surface area contributed by atoms with E-state index in [1.807, 2.05) is 6.92 Å². The van der Waals surface area contributed by atoms with Gasteiger partial charge in [-0.2, -0.15) is 0 Å². The van der Waals surface area contributed by atoms with Gasteiger partial charge >= 0.3 is 5.97 Å². The highest BCUT2D eigenvalue weighted by Gasteiger charge is 2.30. The number of carboxylic acids is 1. The minimum Gasteiger partial charge on any atom is -0.481 e. The Hall–Kier alpha value is -1.14. The van der Waals surface area contributed by atoms with E-state index < -0.39 is 37.0 Å². The van der Waals surface area contributed by atoms with E-state index in [2.05, 4.69) is 5.32 Å². The van der Waals surface area contributed by atoms with Crippen molar-refractivity contribution in [2.75, 3.05) is 13.2 Å². The van der Waals surface area contributed by atoms with Crippen LogP contribution < -0.4 is 5.32 Å². The van der Waals surface area contributed by atoms with Gasteiger partial charge in [-0.1, -0.05) is 19.8 Å². The number of carboxylic acid groups (broad SMARTS) is 1. The summed E-state index contributed by atoms with van der Waals surface area (Å²) < 4.78 is 0. The molecular formula is C10H19NO5. The molecular weight excluding hydrogens is 214 g/mol. The van der Waals surface area contributed by atoms with Gasteiger partial charge in [-0.3, -0.25) is 9.59 Å². The van der Waals surface area contributed by atoms with Crippen molar-refractivity contribution in [3.8, 4) is 0 Å². The number of unbranched alkanes of at least 4 members (excludes halogenated alkanes) is 1. The molecule has 6 heteroatoms. The fraction of sp³-hybridized carbons (Fsp3) is 0.800. The van der Waals surface area contributed by atoms with Crippen LogP contribution in [-0.2, 0) is 9.59 Å². The average Bonchev–Trinajstić information content (AvgIpc) is 2.23. The van der Waals surface area contributed by atoms with Crippen molar-refractivity contribution in [2.45, 2.75) is 38.1 Å². The van der Waals surface area contributed by atoms with Gasteiger partial charge in [0.1, 0.15) is 6.42 Å². The Morgan fingerprint density at radius 2 is 1.81 bits per heavy atom. The Morgan fingerprint density at radius 1 is 1.25 bits per heavy atom. The molecule has 0 aromatic heterocycles. The SMILES string of the molecule is CCCCC(CO)(CO)NC(=O)CC(=O)O. The number of aliphatic carboxylic acids is 1. The monoisotopic (exact) mass is 233 g/mol. The number of hydrogen-bond acceptors (Lipinski definition) is 4. The quantitative estimate of drug-likeness (QED) is 0.422. The first-order chi connectivity index (χ1) is 7.49. The smallest absolute Gasteiger partial charge is 0.312 e. The van der Waals surface area contributed by atoms with Crippen molar-refractivity contribution >= 4 is 11.9 Å². The van der Waals surface area contributed by atoms with Crippen molar-refractivity contribution in [2.24, 2.45) is 0 Å². The molecule has 0 aromatic carbocycles. The maximum atomic E-state index is 11.2. The minimum absolute atomic E-state index is 0.408. The van der Waals surface area contributed by atoms with Crippen LogP contribution in [0.15, 0.2) is 0 Å². The second kappa shape index (κ2) is 7.19. The highest BCUT2D eigenvalue weighted by Crippen LogP contribution is 2.13. The van der Waals surface area contributed by atoms with Crippen molar-refractivity contribution in [3.63, 3.8) is 0 Å². The minimum atomic E-state index is -1.24. The predicted octanol–water partition coefficient (Wildman–Crippen LogP) is -0.509. The third-order valence-electron chi connectivity index (χ3n) is 2.33. The predicted molar refractivity (Wildman–Crippen MR) is 56.8 cm³/mol. The molecule has 0 fully saturated rings. The second-order valence-corrected chi connectivity index (χ2v) is 3.82. The van der Waals surface area contributed by atoms with Crippen LogP contribution in [-0.4, -0.2) is 45.9 Å². The highest BCUT2D eigenvalue weighted by atomic mass is 16.4. The second-order valence-electron chi connectivity index (χ2n) is 3.82. The molecule has 0 saturated carbocycles. The summed E-state index contributed by atoms with van der Waals surface area (Å²) in [5.74, 6) is -1.94. The molecule has 4 N–H and O–H groups in total. The summed E-state index contributed by atoms with van der Waals surface area (Å²) in [6, 6.07) is 0. The summed E-state index contributed by atoms with van der Waals surface area (Å²) in [6.45, 7) is 1.13. The van der Waals surface area contributed by atoms with Crippen LogP contribution in [0.1, 0.15) is 32.6 Å².